The summed E-state index contributed by atoms with van der Waals surface area (Å²) in [5, 5.41) is 30.2. The molecule has 0 aromatic carbocycles. The van der Waals surface area contributed by atoms with Gasteiger partial charge in [0.1, 0.15) is 0 Å². The molecule has 5 nitrogen and oxygen atoms in total. The third-order valence-corrected chi connectivity index (χ3v) is 8.88. The Bertz CT molecular complexity index is 578. The molecule has 0 saturated carbocycles. The molecule has 0 radical (unpaired) electrons. The van der Waals surface area contributed by atoms with Crippen molar-refractivity contribution < 1.29 is 24.9 Å². The predicted octanol–water partition coefficient (Wildman–Crippen LogP) is 10.6. The number of aliphatic carboxylic acids is 2. The zero-order valence-electron chi connectivity index (χ0n) is 26.9. The molecule has 0 spiro atoms. The van der Waals surface area contributed by atoms with E-state index in [1.165, 1.54) is 109 Å². The number of carboxylic acids is 2. The highest BCUT2D eigenvalue weighted by molar-refractivity contribution is 5.72. The van der Waals surface area contributed by atoms with Crippen molar-refractivity contribution in [3.8, 4) is 0 Å². The second-order valence-corrected chi connectivity index (χ2v) is 12.7. The van der Waals surface area contributed by atoms with Crippen molar-refractivity contribution >= 4 is 11.9 Å². The van der Waals surface area contributed by atoms with E-state index in [-0.39, 0.29) is 12.3 Å². The summed E-state index contributed by atoms with van der Waals surface area (Å²) in [6, 6.07) is 0. The molecule has 0 heterocycles. The molecule has 4 unspecified atom stereocenters. The Kier molecular flexibility index (Phi) is 27.3. The topological polar surface area (TPSA) is 94.8 Å². The first-order chi connectivity index (χ1) is 19.3. The van der Waals surface area contributed by atoms with Gasteiger partial charge in [-0.3, -0.25) is 9.59 Å². The minimum Gasteiger partial charge on any atom is -0.481 e. The van der Waals surface area contributed by atoms with Crippen molar-refractivity contribution in [2.24, 2.45) is 17.8 Å². The fraction of sp³-hybridized carbons (Fsp3) is 0.943. The largest absolute Gasteiger partial charge is 0.481 e. The van der Waals surface area contributed by atoms with Gasteiger partial charge in [-0.25, -0.2) is 0 Å². The van der Waals surface area contributed by atoms with Crippen LogP contribution in [-0.4, -0.2) is 33.4 Å². The van der Waals surface area contributed by atoms with Crippen molar-refractivity contribution in [2.45, 2.75) is 194 Å². The van der Waals surface area contributed by atoms with Gasteiger partial charge in [0.25, 0.3) is 0 Å². The van der Waals surface area contributed by atoms with Gasteiger partial charge in [0.15, 0.2) is 0 Å². The van der Waals surface area contributed by atoms with Gasteiger partial charge in [-0.2, -0.15) is 0 Å². The zero-order chi connectivity index (χ0) is 29.8. The number of unbranched alkanes of at least 4 members (excludes halogenated alkanes) is 21. The van der Waals surface area contributed by atoms with Crippen LogP contribution in [0.3, 0.4) is 0 Å². The fourth-order valence-electron chi connectivity index (χ4n) is 6.06. The highest BCUT2D eigenvalue weighted by atomic mass is 16.4. The van der Waals surface area contributed by atoms with E-state index in [2.05, 4.69) is 13.8 Å². The van der Waals surface area contributed by atoms with Crippen LogP contribution < -0.4 is 0 Å². The molecule has 5 heteroatoms. The number of hydrogen-bond acceptors (Lipinski definition) is 3. The van der Waals surface area contributed by atoms with Crippen molar-refractivity contribution in [2.75, 3.05) is 0 Å². The van der Waals surface area contributed by atoms with E-state index in [0.29, 0.717) is 12.8 Å². The number of aliphatic hydroxyl groups is 1. The molecule has 0 aromatic heterocycles. The van der Waals surface area contributed by atoms with E-state index in [9.17, 15) is 24.9 Å². The minimum absolute atomic E-state index is 0.226. The van der Waals surface area contributed by atoms with Crippen LogP contribution in [0.15, 0.2) is 0 Å². The smallest absolute Gasteiger partial charge is 0.309 e. The summed E-state index contributed by atoms with van der Waals surface area (Å²) < 4.78 is 0. The molecular formula is C35H68O5. The number of carbonyl (C=O) groups is 2. The maximum atomic E-state index is 12.0. The Labute approximate surface area is 248 Å². The van der Waals surface area contributed by atoms with Crippen molar-refractivity contribution in [3.63, 3.8) is 0 Å². The average Bonchev–Trinajstić information content (AvgIpc) is 2.92. The van der Waals surface area contributed by atoms with Gasteiger partial charge in [-0.05, 0) is 25.2 Å². The van der Waals surface area contributed by atoms with E-state index in [1.54, 1.807) is 0 Å². The van der Waals surface area contributed by atoms with Gasteiger partial charge in [0.2, 0.25) is 0 Å². The van der Waals surface area contributed by atoms with Gasteiger partial charge in [-0.1, -0.05) is 168 Å². The molecule has 0 saturated heterocycles. The standard InChI is InChI=1S/C35H68O5/c1-4-6-8-10-12-14-16-18-19-21-23-25-27-31(34(37)38)30(3)29-32(35(39)40)33(36)28-26-24-22-20-17-15-13-11-9-7-5-2/h30-33,36H,4-29H2,1-3H3,(H,37,38)(H,39,40). The number of hydrogen-bond donors (Lipinski definition) is 3. The van der Waals surface area contributed by atoms with Gasteiger partial charge >= 0.3 is 11.9 Å². The number of rotatable bonds is 31. The number of carboxylic acid groups (broad SMARTS) is 2. The molecule has 238 valence electrons. The Morgan fingerprint density at radius 3 is 1.10 bits per heavy atom. The zero-order valence-corrected chi connectivity index (χ0v) is 26.9. The molecule has 0 aliphatic heterocycles. The van der Waals surface area contributed by atoms with E-state index in [1.807, 2.05) is 6.92 Å². The molecule has 0 bridgehead atoms. The Morgan fingerprint density at radius 1 is 0.475 bits per heavy atom. The third-order valence-electron chi connectivity index (χ3n) is 8.88. The second kappa shape index (κ2) is 28.0. The van der Waals surface area contributed by atoms with Gasteiger partial charge in [0.05, 0.1) is 17.9 Å². The van der Waals surface area contributed by atoms with Gasteiger partial charge < -0.3 is 15.3 Å². The first-order valence-corrected chi connectivity index (χ1v) is 17.5. The maximum Gasteiger partial charge on any atom is 0.309 e. The summed E-state index contributed by atoms with van der Waals surface area (Å²) in [5.74, 6) is -3.53. The van der Waals surface area contributed by atoms with Crippen LogP contribution >= 0.6 is 0 Å². The molecule has 0 fully saturated rings. The lowest BCUT2D eigenvalue weighted by molar-refractivity contribution is -0.150. The third kappa shape index (κ3) is 22.6. The fourth-order valence-corrected chi connectivity index (χ4v) is 6.06. The molecule has 40 heavy (non-hydrogen) atoms. The summed E-state index contributed by atoms with van der Waals surface area (Å²) >= 11 is 0. The van der Waals surface area contributed by atoms with Crippen molar-refractivity contribution in [1.29, 1.82) is 0 Å². The molecule has 0 rings (SSSR count). The summed E-state index contributed by atoms with van der Waals surface area (Å²) in [4.78, 5) is 23.9. The van der Waals surface area contributed by atoms with E-state index in [0.717, 1.165) is 38.5 Å². The van der Waals surface area contributed by atoms with Gasteiger partial charge in [0, 0.05) is 0 Å². The molecule has 3 N–H and O–H groups in total. The number of aliphatic hydroxyl groups excluding tert-OH is 1. The molecule has 0 aliphatic rings. The SMILES string of the molecule is CCCCCCCCCCCCCCC(C(=O)O)C(C)CC(C(=O)O)C(O)CCCCCCCCCCCCC. The first kappa shape index (κ1) is 38.9. The highest BCUT2D eigenvalue weighted by Gasteiger charge is 2.33. The van der Waals surface area contributed by atoms with Crippen LogP contribution in [0, 0.1) is 17.8 Å². The van der Waals surface area contributed by atoms with Crippen molar-refractivity contribution in [1.82, 2.24) is 0 Å². The lowest BCUT2D eigenvalue weighted by atomic mass is 9.80. The predicted molar refractivity (Wildman–Crippen MR) is 169 cm³/mol. The molecule has 0 amide bonds. The Hall–Kier alpha value is -1.10. The minimum atomic E-state index is -1.00. The van der Waals surface area contributed by atoms with Crippen molar-refractivity contribution in [3.05, 3.63) is 0 Å². The van der Waals surface area contributed by atoms with E-state index < -0.39 is 29.9 Å². The lowest BCUT2D eigenvalue weighted by Crippen LogP contribution is -2.33. The maximum absolute atomic E-state index is 12.0. The molecule has 4 atom stereocenters. The molecular weight excluding hydrogens is 500 g/mol. The Balaban J connectivity index is 4.14. The van der Waals surface area contributed by atoms with Crippen LogP contribution in [-0.2, 0) is 9.59 Å². The van der Waals surface area contributed by atoms with Gasteiger partial charge in [-0.15, -0.1) is 0 Å². The Morgan fingerprint density at radius 2 is 0.775 bits per heavy atom. The quantitative estimate of drug-likeness (QED) is 0.0723. The van der Waals surface area contributed by atoms with Crippen LogP contribution in [0.5, 0.6) is 0 Å². The average molecular weight is 569 g/mol. The molecule has 0 aliphatic carbocycles. The first-order valence-electron chi connectivity index (χ1n) is 17.5. The lowest BCUT2D eigenvalue weighted by Gasteiger charge is -2.26. The van der Waals surface area contributed by atoms with E-state index >= 15 is 0 Å². The normalized spacial score (nSPS) is 14.6. The highest BCUT2D eigenvalue weighted by Crippen LogP contribution is 2.29. The van der Waals surface area contributed by atoms with Crippen LogP contribution in [0.2, 0.25) is 0 Å². The van der Waals surface area contributed by atoms with Crippen LogP contribution in [0.1, 0.15) is 188 Å². The summed E-state index contributed by atoms with van der Waals surface area (Å²) in [5.41, 5.74) is 0. The summed E-state index contributed by atoms with van der Waals surface area (Å²) in [7, 11) is 0. The molecule has 0 aromatic rings. The summed E-state index contributed by atoms with van der Waals surface area (Å²) in [6.45, 7) is 6.34. The summed E-state index contributed by atoms with van der Waals surface area (Å²) in [6.07, 6.45) is 28.7. The van der Waals surface area contributed by atoms with E-state index in [4.69, 9.17) is 0 Å². The monoisotopic (exact) mass is 569 g/mol. The van der Waals surface area contributed by atoms with Crippen LogP contribution in [0.25, 0.3) is 0 Å². The van der Waals surface area contributed by atoms with Crippen LogP contribution in [0.4, 0.5) is 0 Å². The second-order valence-electron chi connectivity index (χ2n) is 12.7.